The number of unbranched alkanes of at least 4 members (excludes halogenated alkanes) is 1. The first-order chi connectivity index (χ1) is 23.6. The van der Waals surface area contributed by atoms with Gasteiger partial charge in [-0.15, -0.1) is 5.73 Å². The third-order valence-electron chi connectivity index (χ3n) is 7.61. The molecule has 3 aliphatic heterocycles. The van der Waals surface area contributed by atoms with Gasteiger partial charge in [-0.3, -0.25) is 4.99 Å². The number of rotatable bonds is 14. The second-order valence-corrected chi connectivity index (χ2v) is 10.9. The number of hydrogen-bond donors (Lipinski definition) is 2. The number of aliphatic imine (C=N–C) groups is 3. The van der Waals surface area contributed by atoms with E-state index in [1.807, 2.05) is 56.4 Å². The third-order valence-corrected chi connectivity index (χ3v) is 7.61. The summed E-state index contributed by atoms with van der Waals surface area (Å²) in [5.41, 5.74) is 9.44. The standard InChI is InChI=1S/C36H36FN7O2.C2H6/c1-45-29-11-7-9-26(21-29)25-44-32-13-4-2-3-12-30(32)42-35(44)16-19-38-17-6-5-14-36-43-31-23-34(40-20-15-33(31)46-36)41-24-28-22-27(37)10-8-18-39-28;1-2/h2,4,7-13,15,18,20-21,23,31,38,41H,5-6,14,16-17,19,24-25H2,1H3;1-2H3. The Kier molecular flexibility index (Phi) is 12.5. The van der Waals surface area contributed by atoms with Crippen molar-refractivity contribution in [3.05, 3.63) is 118 Å². The van der Waals surface area contributed by atoms with Crippen LogP contribution in [0.5, 0.6) is 5.75 Å². The lowest BCUT2D eigenvalue weighted by molar-refractivity contribution is 0.413. The number of nitrogens with zero attached hydrogens (tertiary/aromatic N) is 5. The fraction of sp³-hybridized carbons (Fsp3) is 0.316. The Balaban J connectivity index is 0.00000221. The molecule has 6 rings (SSSR count). The first kappa shape index (κ1) is 34.1. The van der Waals surface area contributed by atoms with Crippen LogP contribution in [0.15, 0.2) is 110 Å². The molecule has 0 saturated heterocycles. The smallest absolute Gasteiger partial charge is 0.190 e. The Morgan fingerprint density at radius 1 is 1.06 bits per heavy atom. The van der Waals surface area contributed by atoms with Crippen molar-refractivity contribution in [1.29, 1.82) is 0 Å². The zero-order chi connectivity index (χ0) is 33.6. The number of fused-ring (bicyclic) bond motifs is 2. The summed E-state index contributed by atoms with van der Waals surface area (Å²) in [6.45, 7) is 6.72. The number of benzene rings is 1. The van der Waals surface area contributed by atoms with Gasteiger partial charge in [0.1, 0.15) is 34.9 Å². The summed E-state index contributed by atoms with van der Waals surface area (Å²) in [4.78, 5) is 18.3. The highest BCUT2D eigenvalue weighted by Gasteiger charge is 2.24. The fourth-order valence-corrected chi connectivity index (χ4v) is 5.34. The molecule has 2 N–H and O–H groups in total. The quantitative estimate of drug-likeness (QED) is 0.177. The summed E-state index contributed by atoms with van der Waals surface area (Å²) in [6.07, 6.45) is 21.3. The summed E-state index contributed by atoms with van der Waals surface area (Å²) < 4.78 is 27.4. The molecule has 0 amide bonds. The second kappa shape index (κ2) is 17.6. The van der Waals surface area contributed by atoms with Crippen molar-refractivity contribution in [3.63, 3.8) is 0 Å². The van der Waals surface area contributed by atoms with Crippen LogP contribution in [0, 0.1) is 0 Å². The highest BCUT2D eigenvalue weighted by Crippen LogP contribution is 2.24. The van der Waals surface area contributed by atoms with Crippen molar-refractivity contribution in [3.8, 4) is 5.75 Å². The highest BCUT2D eigenvalue weighted by molar-refractivity contribution is 5.83. The molecular formula is C38H42FN7O2. The molecule has 10 heteroatoms. The van der Waals surface area contributed by atoms with Crippen molar-refractivity contribution < 1.29 is 13.9 Å². The number of halogens is 1. The molecule has 1 atom stereocenters. The Labute approximate surface area is 281 Å². The summed E-state index contributed by atoms with van der Waals surface area (Å²) in [7, 11) is 1.69. The van der Waals surface area contributed by atoms with Crippen molar-refractivity contribution in [2.24, 2.45) is 15.0 Å². The molecule has 0 spiro atoms. The monoisotopic (exact) mass is 647 g/mol. The maximum Gasteiger partial charge on any atom is 0.190 e. The largest absolute Gasteiger partial charge is 0.497 e. The molecule has 1 aromatic heterocycles. The van der Waals surface area contributed by atoms with Gasteiger partial charge < -0.3 is 24.7 Å². The van der Waals surface area contributed by atoms with E-state index in [0.29, 0.717) is 24.6 Å². The van der Waals surface area contributed by atoms with Crippen LogP contribution in [0.4, 0.5) is 4.39 Å². The molecule has 0 saturated carbocycles. The molecule has 9 nitrogen and oxygen atoms in total. The predicted octanol–water partition coefficient (Wildman–Crippen LogP) is 6.64. The molecule has 0 bridgehead atoms. The number of imidazole rings is 1. The maximum absolute atomic E-state index is 13.6. The molecule has 1 unspecified atom stereocenters. The number of allylic oxidation sites excluding steroid dienone is 5. The van der Waals surface area contributed by atoms with Gasteiger partial charge in [0.2, 0.25) is 0 Å². The molecule has 1 aliphatic carbocycles. The van der Waals surface area contributed by atoms with E-state index in [-0.39, 0.29) is 6.04 Å². The van der Waals surface area contributed by atoms with E-state index >= 15 is 0 Å². The lowest BCUT2D eigenvalue weighted by atomic mass is 10.2. The summed E-state index contributed by atoms with van der Waals surface area (Å²) in [5.74, 6) is 3.53. The maximum atomic E-state index is 13.6. The van der Waals surface area contributed by atoms with Crippen molar-refractivity contribution >= 4 is 30.5 Å². The molecule has 0 radical (unpaired) electrons. The number of ether oxygens (including phenoxy) is 2. The SMILES string of the molecule is CC.COc1cccc(Cn2c(CCNCCCCC3=NC4C=C(NCC5=C=C(F)C=CC=N5)N=CC=C4O3)nc3c2C=CC=C=C3)c1. The van der Waals surface area contributed by atoms with Gasteiger partial charge in [0.25, 0.3) is 0 Å². The zero-order valence-electron chi connectivity index (χ0n) is 27.7. The van der Waals surface area contributed by atoms with Crippen LogP contribution in [0.25, 0.3) is 12.2 Å². The summed E-state index contributed by atoms with van der Waals surface area (Å²) in [5, 5.41) is 6.76. The molecule has 1 aromatic carbocycles. The molecule has 2 aromatic rings. The third kappa shape index (κ3) is 9.39. The Morgan fingerprint density at radius 3 is 2.88 bits per heavy atom. The van der Waals surface area contributed by atoms with Gasteiger partial charge in [-0.2, -0.15) is 4.39 Å². The Bertz CT molecular complexity index is 1810. The summed E-state index contributed by atoms with van der Waals surface area (Å²) in [6, 6.07) is 7.92. The van der Waals surface area contributed by atoms with Crippen LogP contribution in [0.1, 0.15) is 55.9 Å². The van der Waals surface area contributed by atoms with Crippen molar-refractivity contribution in [2.45, 2.75) is 52.1 Å². The van der Waals surface area contributed by atoms with E-state index < -0.39 is 5.83 Å². The van der Waals surface area contributed by atoms with Crippen LogP contribution in [0.3, 0.4) is 0 Å². The van der Waals surface area contributed by atoms with Crippen LogP contribution in [-0.2, 0) is 17.7 Å². The first-order valence-corrected chi connectivity index (χ1v) is 16.5. The topological polar surface area (TPSA) is 97.4 Å². The van der Waals surface area contributed by atoms with E-state index in [1.54, 1.807) is 25.6 Å². The molecule has 48 heavy (non-hydrogen) atoms. The van der Waals surface area contributed by atoms with Gasteiger partial charge in [-0.25, -0.2) is 15.0 Å². The van der Waals surface area contributed by atoms with Gasteiger partial charge in [-0.1, -0.05) is 37.8 Å². The number of hydrogen-bond acceptors (Lipinski definition) is 8. The van der Waals surface area contributed by atoms with Crippen LogP contribution < -0.4 is 15.4 Å². The lowest BCUT2D eigenvalue weighted by Gasteiger charge is -2.12. The Morgan fingerprint density at radius 2 is 1.98 bits per heavy atom. The Hall–Kier alpha value is -5.27. The molecule has 4 heterocycles. The number of nitrogens with one attached hydrogen (secondary N) is 2. The minimum atomic E-state index is -0.459. The van der Waals surface area contributed by atoms with E-state index in [2.05, 4.69) is 54.9 Å². The molecule has 248 valence electrons. The fourth-order valence-electron chi connectivity index (χ4n) is 5.34. The normalized spacial score (nSPS) is 16.9. The van der Waals surface area contributed by atoms with Crippen molar-refractivity contribution in [1.82, 2.24) is 20.2 Å². The van der Waals surface area contributed by atoms with E-state index in [0.717, 1.165) is 79.0 Å². The van der Waals surface area contributed by atoms with Gasteiger partial charge in [0, 0.05) is 44.4 Å². The number of aromatic nitrogens is 2. The van der Waals surface area contributed by atoms with Gasteiger partial charge in [0.05, 0.1) is 25.0 Å². The summed E-state index contributed by atoms with van der Waals surface area (Å²) >= 11 is 0. The number of methoxy groups -OCH3 is 1. The van der Waals surface area contributed by atoms with Gasteiger partial charge in [0.15, 0.2) is 11.7 Å². The van der Waals surface area contributed by atoms with Crippen LogP contribution in [-0.4, -0.2) is 60.7 Å². The zero-order valence-corrected chi connectivity index (χ0v) is 27.7. The highest BCUT2D eigenvalue weighted by atomic mass is 19.1. The first-order valence-electron chi connectivity index (χ1n) is 16.5. The molecular weight excluding hydrogens is 605 g/mol. The van der Waals surface area contributed by atoms with Gasteiger partial charge in [-0.05, 0) is 73.5 Å². The lowest BCUT2D eigenvalue weighted by Crippen LogP contribution is -2.20. The predicted molar refractivity (Wildman–Crippen MR) is 192 cm³/mol. The van der Waals surface area contributed by atoms with Gasteiger partial charge >= 0.3 is 0 Å². The van der Waals surface area contributed by atoms with E-state index in [4.69, 9.17) is 19.5 Å². The molecule has 4 aliphatic rings. The average molecular weight is 648 g/mol. The van der Waals surface area contributed by atoms with Crippen LogP contribution in [0.2, 0.25) is 0 Å². The average Bonchev–Trinajstić information content (AvgIpc) is 3.33. The minimum absolute atomic E-state index is 0.241. The van der Waals surface area contributed by atoms with E-state index in [9.17, 15) is 4.39 Å². The molecule has 0 fully saturated rings. The van der Waals surface area contributed by atoms with Crippen LogP contribution >= 0.6 is 0 Å². The minimum Gasteiger partial charge on any atom is -0.497 e. The second-order valence-electron chi connectivity index (χ2n) is 10.9. The van der Waals surface area contributed by atoms with E-state index in [1.165, 1.54) is 6.08 Å². The van der Waals surface area contributed by atoms with Crippen molar-refractivity contribution in [2.75, 3.05) is 26.7 Å².